The van der Waals surface area contributed by atoms with Gasteiger partial charge in [-0.3, -0.25) is 0 Å². The van der Waals surface area contributed by atoms with Crippen molar-refractivity contribution >= 4 is 21.6 Å². The third kappa shape index (κ3) is 3.25. The molecule has 1 atom stereocenters. The van der Waals surface area contributed by atoms with Crippen molar-refractivity contribution in [2.75, 3.05) is 33.7 Å². The van der Waals surface area contributed by atoms with E-state index >= 15 is 0 Å². The molecule has 0 aromatic carbocycles. The predicted molar refractivity (Wildman–Crippen MR) is 74.7 cm³/mol. The highest BCUT2D eigenvalue weighted by Gasteiger charge is 2.28. The first-order valence-electron chi connectivity index (χ1n) is 6.16. The molecule has 0 bridgehead atoms. The molecule has 106 valence electrons. The van der Waals surface area contributed by atoms with Gasteiger partial charge in [0.15, 0.2) is 0 Å². The van der Waals surface area contributed by atoms with E-state index in [0.29, 0.717) is 12.5 Å². The highest BCUT2D eigenvalue weighted by atomic mass is 35.5. The Morgan fingerprint density at radius 2 is 2.32 bits per heavy atom. The van der Waals surface area contributed by atoms with E-state index in [1.807, 2.05) is 7.05 Å². The quantitative estimate of drug-likeness (QED) is 0.787. The van der Waals surface area contributed by atoms with Crippen molar-refractivity contribution < 1.29 is 8.42 Å². The van der Waals surface area contributed by atoms with Gasteiger partial charge in [0.25, 0.3) is 0 Å². The Morgan fingerprint density at radius 3 is 2.89 bits per heavy atom. The first kappa shape index (κ1) is 14.7. The zero-order chi connectivity index (χ0) is 14.0. The Balaban J connectivity index is 2.14. The van der Waals surface area contributed by atoms with Crippen molar-refractivity contribution in [3.05, 3.63) is 23.5 Å². The van der Waals surface area contributed by atoms with Crippen LogP contribution in [0.15, 0.2) is 23.2 Å². The van der Waals surface area contributed by atoms with Crippen molar-refractivity contribution in [3.63, 3.8) is 0 Å². The van der Waals surface area contributed by atoms with Crippen LogP contribution in [0.1, 0.15) is 6.42 Å². The molecule has 5 nitrogen and oxygen atoms in total. The zero-order valence-electron chi connectivity index (χ0n) is 11.1. The average molecular weight is 304 g/mol. The Morgan fingerprint density at radius 1 is 1.58 bits per heavy atom. The van der Waals surface area contributed by atoms with Crippen molar-refractivity contribution in [3.8, 4) is 0 Å². The molecule has 0 N–H and O–H groups in total. The normalized spacial score (nSPS) is 21.2. The van der Waals surface area contributed by atoms with Gasteiger partial charge in [-0.15, -0.1) is 0 Å². The fraction of sp³-hybridized carbons (Fsp3) is 0.583. The first-order valence-corrected chi connectivity index (χ1v) is 7.98. The van der Waals surface area contributed by atoms with Gasteiger partial charge in [0.1, 0.15) is 10.0 Å². The second kappa shape index (κ2) is 5.75. The van der Waals surface area contributed by atoms with E-state index in [2.05, 4.69) is 9.88 Å². The highest BCUT2D eigenvalue weighted by Crippen LogP contribution is 2.23. The molecule has 7 heteroatoms. The van der Waals surface area contributed by atoms with Crippen LogP contribution in [-0.4, -0.2) is 56.3 Å². The van der Waals surface area contributed by atoms with Crippen molar-refractivity contribution in [1.82, 2.24) is 14.2 Å². The van der Waals surface area contributed by atoms with Crippen LogP contribution in [0.5, 0.6) is 0 Å². The van der Waals surface area contributed by atoms with Gasteiger partial charge >= 0.3 is 0 Å². The minimum atomic E-state index is -3.55. The lowest BCUT2D eigenvalue weighted by atomic mass is 10.1. The smallest absolute Gasteiger partial charge is 0.245 e. The Hall–Kier alpha value is -0.690. The third-order valence-corrected chi connectivity index (χ3v) is 5.69. The summed E-state index contributed by atoms with van der Waals surface area (Å²) in [4.78, 5) is 6.11. The maximum atomic E-state index is 12.4. The van der Waals surface area contributed by atoms with Crippen LogP contribution in [0.2, 0.25) is 5.15 Å². The molecule has 19 heavy (non-hydrogen) atoms. The van der Waals surface area contributed by atoms with E-state index < -0.39 is 10.0 Å². The first-order chi connectivity index (χ1) is 8.91. The van der Waals surface area contributed by atoms with Crippen LogP contribution in [0, 0.1) is 5.92 Å². The second-order valence-corrected chi connectivity index (χ2v) is 7.37. The van der Waals surface area contributed by atoms with Gasteiger partial charge < -0.3 is 4.90 Å². The SMILES string of the molecule is CN1CCC(CN(C)S(=O)(=O)c2cccnc2Cl)C1. The van der Waals surface area contributed by atoms with E-state index in [1.165, 1.54) is 16.6 Å². The van der Waals surface area contributed by atoms with E-state index in [4.69, 9.17) is 11.6 Å². The molecule has 0 spiro atoms. The summed E-state index contributed by atoms with van der Waals surface area (Å²) in [7, 11) is 0.0881. The molecule has 1 unspecified atom stereocenters. The summed E-state index contributed by atoms with van der Waals surface area (Å²) in [6.45, 7) is 2.46. The predicted octanol–water partition coefficient (Wildman–Crippen LogP) is 1.31. The molecule has 1 fully saturated rings. The van der Waals surface area contributed by atoms with Gasteiger partial charge in [-0.2, -0.15) is 0 Å². The number of hydrogen-bond donors (Lipinski definition) is 0. The minimum absolute atomic E-state index is 0.0258. The molecule has 0 saturated carbocycles. The molecule has 0 radical (unpaired) electrons. The third-order valence-electron chi connectivity index (χ3n) is 3.42. The van der Waals surface area contributed by atoms with Gasteiger partial charge in [-0.25, -0.2) is 17.7 Å². The van der Waals surface area contributed by atoms with Crippen molar-refractivity contribution in [2.45, 2.75) is 11.3 Å². The molecular formula is C12H18ClN3O2S. The Labute approximate surface area is 119 Å². The lowest BCUT2D eigenvalue weighted by Gasteiger charge is -2.21. The van der Waals surface area contributed by atoms with Gasteiger partial charge in [-0.05, 0) is 38.1 Å². The highest BCUT2D eigenvalue weighted by molar-refractivity contribution is 7.89. The molecule has 1 saturated heterocycles. The number of hydrogen-bond acceptors (Lipinski definition) is 4. The van der Waals surface area contributed by atoms with Crippen LogP contribution in [0.25, 0.3) is 0 Å². The molecular weight excluding hydrogens is 286 g/mol. The second-order valence-electron chi connectivity index (χ2n) is 4.99. The molecule has 2 rings (SSSR count). The van der Waals surface area contributed by atoms with Crippen LogP contribution in [0.3, 0.4) is 0 Å². The van der Waals surface area contributed by atoms with E-state index in [1.54, 1.807) is 13.1 Å². The number of rotatable bonds is 4. The van der Waals surface area contributed by atoms with Crippen LogP contribution < -0.4 is 0 Å². The van der Waals surface area contributed by atoms with Crippen molar-refractivity contribution in [1.29, 1.82) is 0 Å². The number of pyridine rings is 1. The summed E-state index contributed by atoms with van der Waals surface area (Å²) in [6.07, 6.45) is 2.50. The fourth-order valence-corrected chi connectivity index (χ4v) is 4.04. The van der Waals surface area contributed by atoms with Crippen molar-refractivity contribution in [2.24, 2.45) is 5.92 Å². The van der Waals surface area contributed by atoms with Crippen LogP contribution in [-0.2, 0) is 10.0 Å². The van der Waals surface area contributed by atoms with Gasteiger partial charge in [-0.1, -0.05) is 11.6 Å². The fourth-order valence-electron chi connectivity index (χ4n) is 2.37. The molecule has 1 aromatic rings. The molecule has 2 heterocycles. The standard InChI is InChI=1S/C12H18ClN3O2S/c1-15-7-5-10(8-15)9-16(2)19(17,18)11-4-3-6-14-12(11)13/h3-4,6,10H,5,7-9H2,1-2H3. The Kier molecular flexibility index (Phi) is 4.45. The summed E-state index contributed by atoms with van der Waals surface area (Å²) in [5, 5.41) is 0.0258. The monoisotopic (exact) mass is 303 g/mol. The molecule has 1 aromatic heterocycles. The summed E-state index contributed by atoms with van der Waals surface area (Å²) >= 11 is 5.87. The van der Waals surface area contributed by atoms with Gasteiger partial charge in [0.2, 0.25) is 10.0 Å². The number of sulfonamides is 1. The number of halogens is 1. The number of nitrogens with zero attached hydrogens (tertiary/aromatic N) is 3. The lowest BCUT2D eigenvalue weighted by molar-refractivity contribution is 0.356. The van der Waals surface area contributed by atoms with Crippen LogP contribution in [0.4, 0.5) is 0 Å². The maximum Gasteiger partial charge on any atom is 0.245 e. The molecule has 0 amide bonds. The topological polar surface area (TPSA) is 53.5 Å². The summed E-state index contributed by atoms with van der Waals surface area (Å²) in [5.41, 5.74) is 0. The van der Waals surface area contributed by atoms with E-state index in [0.717, 1.165) is 19.5 Å². The molecule has 1 aliphatic heterocycles. The minimum Gasteiger partial charge on any atom is -0.306 e. The average Bonchev–Trinajstić information content (AvgIpc) is 2.75. The van der Waals surface area contributed by atoms with E-state index in [9.17, 15) is 8.42 Å². The Bertz CT molecular complexity index is 550. The summed E-state index contributed by atoms with van der Waals surface area (Å²) < 4.78 is 26.2. The van der Waals surface area contributed by atoms with Gasteiger partial charge in [0.05, 0.1) is 0 Å². The molecule has 0 aliphatic carbocycles. The lowest BCUT2D eigenvalue weighted by Crippen LogP contribution is -2.33. The number of aromatic nitrogens is 1. The number of likely N-dealkylation sites (tertiary alicyclic amines) is 1. The van der Waals surface area contributed by atoms with E-state index in [-0.39, 0.29) is 10.0 Å². The largest absolute Gasteiger partial charge is 0.306 e. The van der Waals surface area contributed by atoms with Gasteiger partial charge in [0, 0.05) is 26.3 Å². The zero-order valence-corrected chi connectivity index (χ0v) is 12.7. The van der Waals surface area contributed by atoms with Crippen LogP contribution >= 0.6 is 11.6 Å². The summed E-state index contributed by atoms with van der Waals surface area (Å²) in [5.74, 6) is 0.375. The molecule has 1 aliphatic rings. The summed E-state index contributed by atoms with van der Waals surface area (Å²) in [6, 6.07) is 3.07. The maximum absolute atomic E-state index is 12.4.